The van der Waals surface area contributed by atoms with Gasteiger partial charge >= 0.3 is 0 Å². The number of imidazole rings is 1. The Morgan fingerprint density at radius 2 is 1.83 bits per heavy atom. The number of benzene rings is 1. The largest absolute Gasteiger partial charge is 0.369 e. The molecule has 0 radical (unpaired) electrons. The highest BCUT2D eigenvalue weighted by Gasteiger charge is 2.46. The van der Waals surface area contributed by atoms with Crippen molar-refractivity contribution in [1.82, 2.24) is 19.4 Å². The summed E-state index contributed by atoms with van der Waals surface area (Å²) in [7, 11) is 0. The van der Waals surface area contributed by atoms with E-state index in [9.17, 15) is 0 Å². The van der Waals surface area contributed by atoms with Crippen LogP contribution in [0.5, 0.6) is 0 Å². The summed E-state index contributed by atoms with van der Waals surface area (Å²) in [6.07, 6.45) is 9.19. The van der Waals surface area contributed by atoms with Crippen LogP contribution in [0.1, 0.15) is 31.0 Å². The van der Waals surface area contributed by atoms with Crippen molar-refractivity contribution in [3.63, 3.8) is 0 Å². The molecule has 3 aromatic rings. The molecule has 4 heterocycles. The van der Waals surface area contributed by atoms with Crippen molar-refractivity contribution in [2.75, 3.05) is 44.3 Å². The number of aromatic nitrogens is 3. The smallest absolute Gasteiger partial charge is 0.175 e. The van der Waals surface area contributed by atoms with E-state index in [-0.39, 0.29) is 6.29 Å². The Morgan fingerprint density at radius 1 is 1.00 bits per heavy atom. The molecule has 1 spiro atoms. The van der Waals surface area contributed by atoms with E-state index in [0.717, 1.165) is 63.7 Å². The van der Waals surface area contributed by atoms with Gasteiger partial charge in [-0.05, 0) is 49.1 Å². The summed E-state index contributed by atoms with van der Waals surface area (Å²) in [4.78, 5) is 14.2. The lowest BCUT2D eigenvalue weighted by Gasteiger charge is -2.36. The van der Waals surface area contributed by atoms with E-state index in [1.165, 1.54) is 29.7 Å². The molecule has 6 rings (SSSR count). The lowest BCUT2D eigenvalue weighted by molar-refractivity contribution is -0.212. The Bertz CT molecular complexity index is 1130. The van der Waals surface area contributed by atoms with Gasteiger partial charge in [-0.3, -0.25) is 9.88 Å². The van der Waals surface area contributed by atoms with Gasteiger partial charge < -0.3 is 18.9 Å². The number of ether oxygens (including phenoxy) is 2. The summed E-state index contributed by atoms with van der Waals surface area (Å²) in [6, 6.07) is 13.0. The molecule has 2 aromatic heterocycles. The van der Waals surface area contributed by atoms with Crippen molar-refractivity contribution in [3.05, 3.63) is 66.4 Å². The number of nitrogens with zero attached hydrogens (tertiary/aromatic N) is 5. The number of aryl methyl sites for hydroxylation is 1. The maximum atomic E-state index is 5.96. The lowest BCUT2D eigenvalue weighted by atomic mass is 10.0. The third kappa shape index (κ3) is 5.13. The molecule has 1 aromatic carbocycles. The molecule has 3 aliphatic rings. The van der Waals surface area contributed by atoms with Crippen LogP contribution in [-0.4, -0.2) is 65.1 Å². The van der Waals surface area contributed by atoms with E-state index in [1.807, 2.05) is 18.6 Å². The van der Waals surface area contributed by atoms with Gasteiger partial charge in [-0.15, -0.1) is 0 Å². The fourth-order valence-electron chi connectivity index (χ4n) is 5.18. The quantitative estimate of drug-likeness (QED) is 0.517. The van der Waals surface area contributed by atoms with E-state index >= 15 is 0 Å². The van der Waals surface area contributed by atoms with Crippen LogP contribution in [0.4, 0.5) is 5.69 Å². The third-order valence-electron chi connectivity index (χ3n) is 7.70. The van der Waals surface area contributed by atoms with Crippen molar-refractivity contribution < 1.29 is 9.47 Å². The average Bonchev–Trinajstić information content (AvgIpc) is 3.50. The van der Waals surface area contributed by atoms with Crippen LogP contribution in [0, 0.1) is 5.41 Å². The maximum absolute atomic E-state index is 5.96. The molecule has 0 unspecified atom stereocenters. The van der Waals surface area contributed by atoms with Gasteiger partial charge in [0.25, 0.3) is 0 Å². The van der Waals surface area contributed by atoms with Crippen LogP contribution in [0.2, 0.25) is 0 Å². The Balaban J connectivity index is 1.08. The summed E-state index contributed by atoms with van der Waals surface area (Å²) in [5.74, 6) is 0. The molecule has 35 heavy (non-hydrogen) atoms. The van der Waals surface area contributed by atoms with Crippen LogP contribution >= 0.6 is 0 Å². The Kier molecular flexibility index (Phi) is 6.31. The number of rotatable bonds is 7. The number of piperazine rings is 1. The summed E-state index contributed by atoms with van der Waals surface area (Å²) >= 11 is 0. The Labute approximate surface area is 207 Å². The molecule has 0 amide bonds. The minimum absolute atomic E-state index is 0.173. The van der Waals surface area contributed by atoms with E-state index in [2.05, 4.69) is 62.8 Å². The van der Waals surface area contributed by atoms with Gasteiger partial charge in [0.2, 0.25) is 0 Å². The molecule has 1 saturated carbocycles. The number of hydrogen-bond acceptors (Lipinski definition) is 6. The van der Waals surface area contributed by atoms with Crippen LogP contribution in [-0.2, 0) is 29.0 Å². The highest BCUT2D eigenvalue weighted by molar-refractivity contribution is 5.67. The normalized spacial score (nSPS) is 20.4. The average molecular weight is 474 g/mol. The summed E-state index contributed by atoms with van der Waals surface area (Å²) in [5, 5.41) is 0. The van der Waals surface area contributed by atoms with Crippen molar-refractivity contribution in [2.45, 2.75) is 45.6 Å². The SMILES string of the molecule is CCc1cc(N2CCN(Cc3ccccn3)CC2)ccc1-c1cn(CC2OCC3(CC3)CO2)cn1. The van der Waals surface area contributed by atoms with Crippen LogP contribution in [0.25, 0.3) is 11.3 Å². The first-order valence-electron chi connectivity index (χ1n) is 13.0. The standard InChI is InChI=1S/C28H35N5O2/c1-2-22-15-24(33-13-11-31(12-14-33)16-23-5-3-4-10-29-23)6-7-25(22)26-17-32(21-30-26)18-27-34-19-28(8-9-28)20-35-27/h3-7,10,15,17,21,27H,2,8-9,11-14,16,18-20H2,1H3. The molecule has 7 heteroatoms. The first kappa shape index (κ1) is 22.7. The van der Waals surface area contributed by atoms with Gasteiger partial charge in [-0.1, -0.05) is 19.1 Å². The van der Waals surface area contributed by atoms with E-state index in [1.54, 1.807) is 0 Å². The van der Waals surface area contributed by atoms with Crippen LogP contribution < -0.4 is 4.90 Å². The minimum Gasteiger partial charge on any atom is -0.369 e. The number of hydrogen-bond donors (Lipinski definition) is 0. The zero-order valence-corrected chi connectivity index (χ0v) is 20.6. The molecular formula is C28H35N5O2. The molecule has 1 aliphatic carbocycles. The molecule has 0 atom stereocenters. The second-order valence-corrected chi connectivity index (χ2v) is 10.3. The molecular weight excluding hydrogens is 438 g/mol. The van der Waals surface area contributed by atoms with Crippen molar-refractivity contribution in [2.24, 2.45) is 5.41 Å². The van der Waals surface area contributed by atoms with Crippen molar-refractivity contribution >= 4 is 5.69 Å². The van der Waals surface area contributed by atoms with Gasteiger partial charge in [0, 0.05) is 61.8 Å². The second kappa shape index (κ2) is 9.72. The monoisotopic (exact) mass is 473 g/mol. The molecule has 2 aliphatic heterocycles. The predicted molar refractivity (Wildman–Crippen MR) is 136 cm³/mol. The lowest BCUT2D eigenvalue weighted by Crippen LogP contribution is -2.46. The molecule has 184 valence electrons. The maximum Gasteiger partial charge on any atom is 0.175 e. The summed E-state index contributed by atoms with van der Waals surface area (Å²) < 4.78 is 14.0. The van der Waals surface area contributed by atoms with E-state index in [4.69, 9.17) is 14.5 Å². The second-order valence-electron chi connectivity index (χ2n) is 10.3. The zero-order chi connectivity index (χ0) is 23.7. The van der Waals surface area contributed by atoms with Gasteiger partial charge in [-0.2, -0.15) is 0 Å². The first-order valence-corrected chi connectivity index (χ1v) is 13.0. The predicted octanol–water partition coefficient (Wildman–Crippen LogP) is 3.98. The molecule has 0 bridgehead atoms. The Morgan fingerprint density at radius 3 is 2.54 bits per heavy atom. The summed E-state index contributed by atoms with van der Waals surface area (Å²) in [6.45, 7) is 9.67. The number of pyridine rings is 1. The molecule has 0 N–H and O–H groups in total. The molecule has 2 saturated heterocycles. The van der Waals surface area contributed by atoms with Gasteiger partial charge in [0.05, 0.1) is 37.5 Å². The van der Waals surface area contributed by atoms with E-state index < -0.39 is 0 Å². The van der Waals surface area contributed by atoms with Crippen LogP contribution in [0.15, 0.2) is 55.1 Å². The highest BCUT2D eigenvalue weighted by atomic mass is 16.7. The van der Waals surface area contributed by atoms with Gasteiger partial charge in [0.1, 0.15) is 0 Å². The van der Waals surface area contributed by atoms with Crippen molar-refractivity contribution in [3.8, 4) is 11.3 Å². The fourth-order valence-corrected chi connectivity index (χ4v) is 5.18. The first-order chi connectivity index (χ1) is 17.2. The molecule has 7 nitrogen and oxygen atoms in total. The highest BCUT2D eigenvalue weighted by Crippen LogP contribution is 2.48. The fraction of sp³-hybridized carbons (Fsp3) is 0.500. The van der Waals surface area contributed by atoms with Crippen LogP contribution in [0.3, 0.4) is 0 Å². The topological polar surface area (TPSA) is 55.7 Å². The molecule has 3 fully saturated rings. The Hall–Kier alpha value is -2.74. The third-order valence-corrected chi connectivity index (χ3v) is 7.70. The van der Waals surface area contributed by atoms with Gasteiger partial charge in [0.15, 0.2) is 6.29 Å². The zero-order valence-electron chi connectivity index (χ0n) is 20.6. The summed E-state index contributed by atoms with van der Waals surface area (Å²) in [5.41, 5.74) is 6.35. The van der Waals surface area contributed by atoms with Gasteiger partial charge in [-0.25, -0.2) is 4.98 Å². The number of anilines is 1. The van der Waals surface area contributed by atoms with E-state index in [0.29, 0.717) is 12.0 Å². The minimum atomic E-state index is -0.173. The van der Waals surface area contributed by atoms with Crippen molar-refractivity contribution in [1.29, 1.82) is 0 Å².